The maximum Gasteiger partial charge on any atom is 0.303 e. The summed E-state index contributed by atoms with van der Waals surface area (Å²) in [7, 11) is 0. The second-order valence-corrected chi connectivity index (χ2v) is 5.41. The molecule has 1 aliphatic carbocycles. The lowest BCUT2D eigenvalue weighted by atomic mass is 9.74. The number of carbonyl (C=O) groups is 4. The van der Waals surface area contributed by atoms with Crippen molar-refractivity contribution in [1.82, 2.24) is 0 Å². The first-order valence-electron chi connectivity index (χ1n) is 6.87. The van der Waals surface area contributed by atoms with Crippen molar-refractivity contribution in [2.45, 2.75) is 39.4 Å². The Balaban J connectivity index is 2.69. The molecule has 0 unspecified atom stereocenters. The van der Waals surface area contributed by atoms with Crippen LogP contribution in [0.25, 0.3) is 0 Å². The van der Waals surface area contributed by atoms with E-state index in [0.29, 0.717) is 17.6 Å². The van der Waals surface area contributed by atoms with Crippen molar-refractivity contribution in [3.05, 3.63) is 34.8 Å². The molecular weight excluding hydrogens is 304 g/mol. The van der Waals surface area contributed by atoms with Gasteiger partial charge in [-0.15, -0.1) is 0 Å². The quantitative estimate of drug-likeness (QED) is 0.437. The molecule has 23 heavy (non-hydrogen) atoms. The number of hydrogen-bond donors (Lipinski definition) is 0. The first kappa shape index (κ1) is 16.7. The van der Waals surface area contributed by atoms with Gasteiger partial charge in [0.15, 0.2) is 12.4 Å². The summed E-state index contributed by atoms with van der Waals surface area (Å²) in [4.78, 5) is 47.0. The number of fused-ring (bicyclic) bond motifs is 1. The fourth-order valence-corrected chi connectivity index (χ4v) is 2.64. The molecule has 2 aliphatic rings. The van der Waals surface area contributed by atoms with Crippen LogP contribution < -0.4 is 0 Å². The van der Waals surface area contributed by atoms with Gasteiger partial charge in [-0.3, -0.25) is 19.2 Å². The predicted molar refractivity (Wildman–Crippen MR) is 76.7 cm³/mol. The highest BCUT2D eigenvalue weighted by Crippen LogP contribution is 2.40. The maximum atomic E-state index is 12.7. The number of allylic oxidation sites excluding steroid dienone is 2. The van der Waals surface area contributed by atoms with Gasteiger partial charge in [0.25, 0.3) is 0 Å². The van der Waals surface area contributed by atoms with Crippen molar-refractivity contribution in [1.29, 1.82) is 0 Å². The lowest BCUT2D eigenvalue weighted by Crippen LogP contribution is -2.56. The van der Waals surface area contributed by atoms with Crippen LogP contribution in [0.1, 0.15) is 27.7 Å². The van der Waals surface area contributed by atoms with Crippen molar-refractivity contribution in [2.75, 3.05) is 0 Å². The second kappa shape index (κ2) is 5.83. The van der Waals surface area contributed by atoms with Crippen molar-refractivity contribution >= 4 is 24.0 Å². The summed E-state index contributed by atoms with van der Waals surface area (Å²) in [5.74, 6) is -1.67. The maximum absolute atomic E-state index is 12.7. The minimum atomic E-state index is -1.84. The van der Waals surface area contributed by atoms with Gasteiger partial charge in [-0.25, -0.2) is 0 Å². The molecule has 0 fully saturated rings. The van der Waals surface area contributed by atoms with Crippen molar-refractivity contribution < 1.29 is 33.4 Å². The predicted octanol–water partition coefficient (Wildman–Crippen LogP) is 1.14. The standard InChI is InChI=1S/C16H16O7/c1-8-5-11-12(6-17)14(20)16(4,23-10(3)19)15(22-9(2)18)13(11)7-21-8/h5-7,15H,1-4H3/t15-,16-/m0/s1. The molecule has 1 heterocycles. The Kier molecular flexibility index (Phi) is 4.22. The molecule has 7 heteroatoms. The Morgan fingerprint density at radius 3 is 2.48 bits per heavy atom. The Morgan fingerprint density at radius 2 is 1.96 bits per heavy atom. The number of esters is 2. The molecular formula is C16H16O7. The molecule has 0 aromatic carbocycles. The Bertz CT molecular complexity index is 695. The summed E-state index contributed by atoms with van der Waals surface area (Å²) < 4.78 is 15.6. The van der Waals surface area contributed by atoms with E-state index in [9.17, 15) is 19.2 Å². The zero-order chi connectivity index (χ0) is 17.4. The Labute approximate surface area is 132 Å². The minimum Gasteiger partial charge on any atom is -0.469 e. The number of ether oxygens (including phenoxy) is 3. The topological polar surface area (TPSA) is 96.0 Å². The molecule has 0 aromatic heterocycles. The van der Waals surface area contributed by atoms with E-state index in [-0.39, 0.29) is 11.1 Å². The number of rotatable bonds is 3. The molecule has 0 aromatic rings. The lowest BCUT2D eigenvalue weighted by Gasteiger charge is -2.40. The summed E-state index contributed by atoms with van der Waals surface area (Å²) in [5, 5.41) is 0. The van der Waals surface area contributed by atoms with E-state index in [4.69, 9.17) is 14.2 Å². The largest absolute Gasteiger partial charge is 0.469 e. The second-order valence-electron chi connectivity index (χ2n) is 5.41. The summed E-state index contributed by atoms with van der Waals surface area (Å²) in [6.45, 7) is 5.24. The first-order chi connectivity index (χ1) is 10.7. The van der Waals surface area contributed by atoms with Gasteiger partial charge in [0.2, 0.25) is 11.4 Å². The smallest absolute Gasteiger partial charge is 0.303 e. The van der Waals surface area contributed by atoms with Gasteiger partial charge in [-0.1, -0.05) is 0 Å². The Hall–Kier alpha value is -2.70. The van der Waals surface area contributed by atoms with Crippen LogP contribution >= 0.6 is 0 Å². The fourth-order valence-electron chi connectivity index (χ4n) is 2.64. The summed E-state index contributed by atoms with van der Waals surface area (Å²) in [6, 6.07) is 0. The first-order valence-corrected chi connectivity index (χ1v) is 6.87. The lowest BCUT2D eigenvalue weighted by molar-refractivity contribution is -0.181. The van der Waals surface area contributed by atoms with Crippen molar-refractivity contribution in [3.8, 4) is 0 Å². The van der Waals surface area contributed by atoms with Gasteiger partial charge in [0, 0.05) is 25.0 Å². The average Bonchev–Trinajstić information content (AvgIpc) is 2.44. The van der Waals surface area contributed by atoms with E-state index >= 15 is 0 Å². The van der Waals surface area contributed by atoms with Gasteiger partial charge in [-0.05, 0) is 19.9 Å². The monoisotopic (exact) mass is 320 g/mol. The molecule has 0 saturated heterocycles. The molecule has 0 N–H and O–H groups in total. The van der Waals surface area contributed by atoms with Gasteiger partial charge in [-0.2, -0.15) is 0 Å². The van der Waals surface area contributed by atoms with Crippen LogP contribution in [0.2, 0.25) is 0 Å². The molecule has 0 spiro atoms. The van der Waals surface area contributed by atoms with Crippen molar-refractivity contribution in [2.24, 2.45) is 0 Å². The van der Waals surface area contributed by atoms with Crippen LogP contribution in [0, 0.1) is 0 Å². The van der Waals surface area contributed by atoms with Gasteiger partial charge < -0.3 is 14.2 Å². The van der Waals surface area contributed by atoms with Crippen molar-refractivity contribution in [3.63, 3.8) is 0 Å². The van der Waals surface area contributed by atoms with Crippen LogP contribution in [-0.4, -0.2) is 35.7 Å². The highest BCUT2D eigenvalue weighted by Gasteiger charge is 2.54. The molecule has 0 bridgehead atoms. The number of carbonyl (C=O) groups excluding carboxylic acids is 4. The highest BCUT2D eigenvalue weighted by atomic mass is 16.6. The fraction of sp³-hybridized carbons (Fsp3) is 0.375. The van der Waals surface area contributed by atoms with E-state index in [0.717, 1.165) is 6.92 Å². The number of Topliss-reactive ketones (excluding diaryl/α,β-unsaturated/α-hetero) is 1. The molecule has 1 aliphatic heterocycles. The van der Waals surface area contributed by atoms with Crippen LogP contribution in [0.5, 0.6) is 0 Å². The van der Waals surface area contributed by atoms with E-state index in [2.05, 4.69) is 0 Å². The molecule has 2 atom stereocenters. The number of aldehydes is 1. The van der Waals surface area contributed by atoms with E-state index in [1.165, 1.54) is 26.2 Å². The minimum absolute atomic E-state index is 0.161. The summed E-state index contributed by atoms with van der Waals surface area (Å²) >= 11 is 0. The van der Waals surface area contributed by atoms with Gasteiger partial charge >= 0.3 is 11.9 Å². The highest BCUT2D eigenvalue weighted by molar-refractivity contribution is 6.19. The molecule has 0 saturated carbocycles. The molecule has 2 rings (SSSR count). The molecule has 7 nitrogen and oxygen atoms in total. The van der Waals surface area contributed by atoms with Gasteiger partial charge in [0.05, 0.1) is 11.8 Å². The zero-order valence-electron chi connectivity index (χ0n) is 13.2. The average molecular weight is 320 g/mol. The van der Waals surface area contributed by atoms with E-state index < -0.39 is 29.4 Å². The van der Waals surface area contributed by atoms with Crippen LogP contribution in [0.3, 0.4) is 0 Å². The third-order valence-corrected chi connectivity index (χ3v) is 3.56. The molecule has 0 radical (unpaired) electrons. The third kappa shape index (κ3) is 2.81. The normalized spacial score (nSPS) is 26.4. The van der Waals surface area contributed by atoms with Gasteiger partial charge in [0.1, 0.15) is 5.76 Å². The number of ketones is 1. The zero-order valence-corrected chi connectivity index (χ0v) is 13.2. The molecule has 122 valence electrons. The van der Waals surface area contributed by atoms with E-state index in [1.54, 1.807) is 6.92 Å². The van der Waals surface area contributed by atoms with E-state index in [1.807, 2.05) is 0 Å². The Morgan fingerprint density at radius 1 is 1.30 bits per heavy atom. The SMILES string of the molecule is CC(=O)O[C@H]1C2=COC(C)=CC2=C(C=O)C(=O)[C@]1(C)OC(C)=O. The summed E-state index contributed by atoms with van der Waals surface area (Å²) in [6.07, 6.45) is 1.97. The van der Waals surface area contributed by atoms with Crippen LogP contribution in [0.4, 0.5) is 0 Å². The van der Waals surface area contributed by atoms with Crippen LogP contribution in [-0.2, 0) is 33.4 Å². The summed E-state index contributed by atoms with van der Waals surface area (Å²) in [5.41, 5.74) is -1.42. The third-order valence-electron chi connectivity index (χ3n) is 3.56. The number of hydrogen-bond acceptors (Lipinski definition) is 7. The molecule has 0 amide bonds. The van der Waals surface area contributed by atoms with Crippen LogP contribution in [0.15, 0.2) is 34.8 Å².